The Kier molecular flexibility index (Phi) is 5.78. The molecule has 2 aromatic rings. The minimum Gasteiger partial charge on any atom is -0.261 e. The molecule has 18 heavy (non-hydrogen) atoms. The van der Waals surface area contributed by atoms with Crippen LogP contribution in [-0.4, -0.2) is 9.97 Å². The van der Waals surface area contributed by atoms with Crippen LogP contribution in [0.25, 0.3) is 6.08 Å². The molecule has 0 unspecified atom stereocenters. The largest absolute Gasteiger partial charge is 0.261 e. The van der Waals surface area contributed by atoms with E-state index in [-0.39, 0.29) is 0 Å². The van der Waals surface area contributed by atoms with Crippen LogP contribution < -0.4 is 0 Å². The zero-order valence-electron chi connectivity index (χ0n) is 11.5. The van der Waals surface area contributed by atoms with Crippen LogP contribution in [0.3, 0.4) is 0 Å². The lowest BCUT2D eigenvalue weighted by Crippen LogP contribution is -1.79. The highest BCUT2D eigenvalue weighted by molar-refractivity contribution is 5.43. The van der Waals surface area contributed by atoms with E-state index in [9.17, 15) is 0 Å². The Balaban J connectivity index is 0.000000184. The predicted molar refractivity (Wildman–Crippen MR) is 77.4 cm³/mol. The molecule has 2 aromatic heterocycles. The van der Waals surface area contributed by atoms with Crippen molar-refractivity contribution in [1.82, 2.24) is 9.97 Å². The van der Waals surface area contributed by atoms with Crippen LogP contribution in [-0.2, 0) is 0 Å². The van der Waals surface area contributed by atoms with Gasteiger partial charge in [-0.15, -0.1) is 0 Å². The Morgan fingerprint density at radius 1 is 0.833 bits per heavy atom. The van der Waals surface area contributed by atoms with E-state index in [0.29, 0.717) is 0 Å². The molecule has 0 bridgehead atoms. The van der Waals surface area contributed by atoms with E-state index >= 15 is 0 Å². The average molecular weight is 240 g/mol. The number of hydrogen-bond donors (Lipinski definition) is 0. The molecule has 0 aliphatic heterocycles. The second kappa shape index (κ2) is 7.38. The van der Waals surface area contributed by atoms with Crippen LogP contribution in [0, 0.1) is 20.8 Å². The Labute approximate surface area is 109 Å². The summed E-state index contributed by atoms with van der Waals surface area (Å²) in [6.45, 7) is 8.04. The van der Waals surface area contributed by atoms with Crippen molar-refractivity contribution >= 4 is 6.08 Å². The van der Waals surface area contributed by atoms with Crippen molar-refractivity contribution in [2.24, 2.45) is 0 Å². The monoisotopic (exact) mass is 240 g/mol. The van der Waals surface area contributed by atoms with Gasteiger partial charge in [0.15, 0.2) is 0 Å². The van der Waals surface area contributed by atoms with Gasteiger partial charge in [0.25, 0.3) is 0 Å². The van der Waals surface area contributed by atoms with Gasteiger partial charge in [0.2, 0.25) is 0 Å². The van der Waals surface area contributed by atoms with Crippen LogP contribution >= 0.6 is 0 Å². The van der Waals surface area contributed by atoms with E-state index in [2.05, 4.69) is 22.1 Å². The molecule has 0 N–H and O–H groups in total. The Morgan fingerprint density at radius 3 is 1.83 bits per heavy atom. The molecule has 0 amide bonds. The van der Waals surface area contributed by atoms with Gasteiger partial charge in [-0.1, -0.05) is 18.2 Å². The SMILES string of the molecule is C/C=C/c1ccc(C)cn1.Cc1ccc(C)nc1. The molecule has 0 atom stereocenters. The molecule has 0 aliphatic carbocycles. The minimum absolute atomic E-state index is 1.02. The second-order valence-electron chi connectivity index (χ2n) is 4.24. The summed E-state index contributed by atoms with van der Waals surface area (Å²) < 4.78 is 0. The Hall–Kier alpha value is -1.96. The molecule has 0 spiro atoms. The maximum atomic E-state index is 4.18. The van der Waals surface area contributed by atoms with Crippen LogP contribution in [0.1, 0.15) is 29.4 Å². The summed E-state index contributed by atoms with van der Waals surface area (Å²) in [4.78, 5) is 8.26. The first kappa shape index (κ1) is 14.1. The van der Waals surface area contributed by atoms with Gasteiger partial charge >= 0.3 is 0 Å². The average Bonchev–Trinajstić information content (AvgIpc) is 2.37. The van der Waals surface area contributed by atoms with Gasteiger partial charge in [0.1, 0.15) is 0 Å². The second-order valence-corrected chi connectivity index (χ2v) is 4.24. The Bertz CT molecular complexity index is 461. The quantitative estimate of drug-likeness (QED) is 0.749. The standard InChI is InChI=1S/C9H11N.C7H9N/c1-3-4-9-6-5-8(2)7-10-9;1-6-3-4-7(2)8-5-6/h3-7H,1-2H3;3-5H,1-2H3/b4-3+;. The van der Waals surface area contributed by atoms with Gasteiger partial charge < -0.3 is 0 Å². The molecule has 0 saturated carbocycles. The summed E-state index contributed by atoms with van der Waals surface area (Å²) in [5.41, 5.74) is 4.52. The zero-order chi connectivity index (χ0) is 13.4. The molecular weight excluding hydrogens is 220 g/mol. The zero-order valence-corrected chi connectivity index (χ0v) is 11.5. The van der Waals surface area contributed by atoms with Gasteiger partial charge in [0.05, 0.1) is 5.69 Å². The number of rotatable bonds is 1. The van der Waals surface area contributed by atoms with E-state index in [4.69, 9.17) is 0 Å². The molecule has 2 heterocycles. The Morgan fingerprint density at radius 2 is 1.44 bits per heavy atom. The highest BCUT2D eigenvalue weighted by Gasteiger charge is 1.84. The fourth-order valence-electron chi connectivity index (χ4n) is 1.29. The van der Waals surface area contributed by atoms with Crippen molar-refractivity contribution in [3.05, 3.63) is 65.2 Å². The number of pyridine rings is 2. The van der Waals surface area contributed by atoms with Gasteiger partial charge in [0, 0.05) is 18.1 Å². The number of hydrogen-bond acceptors (Lipinski definition) is 2. The van der Waals surface area contributed by atoms with Crippen molar-refractivity contribution in [2.75, 3.05) is 0 Å². The molecule has 0 aliphatic rings. The summed E-state index contributed by atoms with van der Waals surface area (Å²) in [7, 11) is 0. The number of aromatic nitrogens is 2. The minimum atomic E-state index is 1.02. The van der Waals surface area contributed by atoms with Crippen molar-refractivity contribution < 1.29 is 0 Å². The van der Waals surface area contributed by atoms with Gasteiger partial charge in [-0.2, -0.15) is 0 Å². The summed E-state index contributed by atoms with van der Waals surface area (Å²) in [6, 6.07) is 8.13. The lowest BCUT2D eigenvalue weighted by molar-refractivity contribution is 1.17. The summed E-state index contributed by atoms with van der Waals surface area (Å²) in [5, 5.41) is 0. The molecule has 2 heteroatoms. The molecule has 2 nitrogen and oxygen atoms in total. The summed E-state index contributed by atoms with van der Waals surface area (Å²) in [6.07, 6.45) is 7.71. The van der Waals surface area contributed by atoms with E-state index in [1.165, 1.54) is 11.1 Å². The molecule has 0 aromatic carbocycles. The first-order valence-electron chi connectivity index (χ1n) is 6.06. The summed E-state index contributed by atoms with van der Waals surface area (Å²) >= 11 is 0. The predicted octanol–water partition coefficient (Wildman–Crippen LogP) is 4.12. The molecule has 0 saturated heterocycles. The molecule has 0 fully saturated rings. The third-order valence-electron chi connectivity index (χ3n) is 2.33. The topological polar surface area (TPSA) is 25.8 Å². The maximum Gasteiger partial charge on any atom is 0.0626 e. The number of nitrogens with zero attached hydrogens (tertiary/aromatic N) is 2. The first-order chi connectivity index (χ1) is 8.61. The molecular formula is C16H20N2. The maximum absolute atomic E-state index is 4.18. The first-order valence-corrected chi connectivity index (χ1v) is 6.06. The third-order valence-corrected chi connectivity index (χ3v) is 2.33. The van der Waals surface area contributed by atoms with E-state index < -0.39 is 0 Å². The lowest BCUT2D eigenvalue weighted by Gasteiger charge is -1.91. The van der Waals surface area contributed by atoms with Crippen LogP contribution in [0.5, 0.6) is 0 Å². The fraction of sp³-hybridized carbons (Fsp3) is 0.250. The van der Waals surface area contributed by atoms with Crippen LogP contribution in [0.15, 0.2) is 42.7 Å². The van der Waals surface area contributed by atoms with E-state index in [0.717, 1.165) is 11.4 Å². The molecule has 0 radical (unpaired) electrons. The van der Waals surface area contributed by atoms with Crippen molar-refractivity contribution in [3.8, 4) is 0 Å². The van der Waals surface area contributed by atoms with E-state index in [1.54, 1.807) is 0 Å². The van der Waals surface area contributed by atoms with Gasteiger partial charge in [-0.25, -0.2) is 0 Å². The molecule has 94 valence electrons. The lowest BCUT2D eigenvalue weighted by atomic mass is 10.3. The van der Waals surface area contributed by atoms with Gasteiger partial charge in [-0.3, -0.25) is 9.97 Å². The van der Waals surface area contributed by atoms with Crippen molar-refractivity contribution in [2.45, 2.75) is 27.7 Å². The van der Waals surface area contributed by atoms with Crippen LogP contribution in [0.2, 0.25) is 0 Å². The van der Waals surface area contributed by atoms with Crippen molar-refractivity contribution in [3.63, 3.8) is 0 Å². The molecule has 2 rings (SSSR count). The van der Waals surface area contributed by atoms with E-state index in [1.807, 2.05) is 64.4 Å². The normalized spacial score (nSPS) is 10.0. The van der Waals surface area contributed by atoms with Crippen LogP contribution in [0.4, 0.5) is 0 Å². The third kappa shape index (κ3) is 5.39. The smallest absolute Gasteiger partial charge is 0.0626 e. The highest BCUT2D eigenvalue weighted by Crippen LogP contribution is 1.99. The van der Waals surface area contributed by atoms with Crippen molar-refractivity contribution in [1.29, 1.82) is 0 Å². The highest BCUT2D eigenvalue weighted by atomic mass is 14.7. The number of allylic oxidation sites excluding steroid dienone is 1. The fourth-order valence-corrected chi connectivity index (χ4v) is 1.29. The number of aryl methyl sites for hydroxylation is 3. The van der Waals surface area contributed by atoms with Gasteiger partial charge in [-0.05, 0) is 57.0 Å². The summed E-state index contributed by atoms with van der Waals surface area (Å²) in [5.74, 6) is 0.